The van der Waals surface area contributed by atoms with Crippen LogP contribution in [0.15, 0.2) is 24.3 Å². The van der Waals surface area contributed by atoms with Crippen LogP contribution in [-0.4, -0.2) is 6.04 Å². The summed E-state index contributed by atoms with van der Waals surface area (Å²) in [5, 5.41) is 4.02. The van der Waals surface area contributed by atoms with Crippen LogP contribution in [0.25, 0.3) is 0 Å². The highest BCUT2D eigenvalue weighted by molar-refractivity contribution is 5.34. The molecule has 2 aliphatic carbocycles. The van der Waals surface area contributed by atoms with Crippen LogP contribution in [0.2, 0.25) is 0 Å². The Labute approximate surface area is 124 Å². The minimum absolute atomic E-state index is 0.362. The molecule has 3 rings (SSSR count). The first-order valence-corrected chi connectivity index (χ1v) is 8.21. The topological polar surface area (TPSA) is 12.0 Å². The van der Waals surface area contributed by atoms with Gasteiger partial charge in [-0.25, -0.2) is 0 Å². The standard InChI is InChI=1S/C19H29N/c1-18(2)11-10-15(13-18)20-17-16-8-6-5-7-14(16)9-12-19(17,3)4/h5-8,15,17,20H,9-13H2,1-4H3. The Kier molecular flexibility index (Phi) is 3.44. The summed E-state index contributed by atoms with van der Waals surface area (Å²) >= 11 is 0. The number of rotatable bonds is 2. The molecule has 0 amide bonds. The number of hydrogen-bond donors (Lipinski definition) is 1. The van der Waals surface area contributed by atoms with Gasteiger partial charge in [0.25, 0.3) is 0 Å². The van der Waals surface area contributed by atoms with E-state index in [1.807, 2.05) is 0 Å². The molecular weight excluding hydrogens is 242 g/mol. The maximum Gasteiger partial charge on any atom is 0.0376 e. The molecule has 1 saturated carbocycles. The second-order valence-corrected chi connectivity index (χ2v) is 8.39. The fourth-order valence-electron chi connectivity index (χ4n) is 4.20. The van der Waals surface area contributed by atoms with Crippen LogP contribution < -0.4 is 5.32 Å². The summed E-state index contributed by atoms with van der Waals surface area (Å²) in [7, 11) is 0. The van der Waals surface area contributed by atoms with E-state index in [4.69, 9.17) is 0 Å². The van der Waals surface area contributed by atoms with Gasteiger partial charge in [-0.05, 0) is 54.1 Å². The van der Waals surface area contributed by atoms with E-state index in [1.54, 1.807) is 11.1 Å². The zero-order chi connectivity index (χ0) is 14.4. The van der Waals surface area contributed by atoms with Crippen molar-refractivity contribution in [1.29, 1.82) is 0 Å². The van der Waals surface area contributed by atoms with Crippen molar-refractivity contribution in [2.45, 2.75) is 71.9 Å². The zero-order valence-corrected chi connectivity index (χ0v) is 13.5. The summed E-state index contributed by atoms with van der Waals surface area (Å²) < 4.78 is 0. The molecule has 110 valence electrons. The fraction of sp³-hybridized carbons (Fsp3) is 0.684. The molecule has 2 unspecified atom stereocenters. The normalized spacial score (nSPS) is 31.0. The van der Waals surface area contributed by atoms with Crippen LogP contribution in [0.5, 0.6) is 0 Å². The van der Waals surface area contributed by atoms with E-state index in [2.05, 4.69) is 57.3 Å². The van der Waals surface area contributed by atoms with E-state index in [-0.39, 0.29) is 0 Å². The molecule has 0 aliphatic heterocycles. The van der Waals surface area contributed by atoms with Crippen molar-refractivity contribution in [2.24, 2.45) is 10.8 Å². The molecule has 2 atom stereocenters. The summed E-state index contributed by atoms with van der Waals surface area (Å²) in [4.78, 5) is 0. The molecule has 1 fully saturated rings. The van der Waals surface area contributed by atoms with Gasteiger partial charge in [0.2, 0.25) is 0 Å². The summed E-state index contributed by atoms with van der Waals surface area (Å²) in [6.07, 6.45) is 6.54. The van der Waals surface area contributed by atoms with Crippen molar-refractivity contribution in [3.8, 4) is 0 Å². The smallest absolute Gasteiger partial charge is 0.0376 e. The average molecular weight is 271 g/mol. The van der Waals surface area contributed by atoms with Crippen molar-refractivity contribution in [2.75, 3.05) is 0 Å². The van der Waals surface area contributed by atoms with Gasteiger partial charge in [0.15, 0.2) is 0 Å². The van der Waals surface area contributed by atoms with Crippen molar-refractivity contribution >= 4 is 0 Å². The molecule has 0 aromatic heterocycles. The highest BCUT2D eigenvalue weighted by atomic mass is 15.0. The van der Waals surface area contributed by atoms with Crippen molar-refractivity contribution in [3.05, 3.63) is 35.4 Å². The molecule has 0 spiro atoms. The second kappa shape index (κ2) is 4.87. The van der Waals surface area contributed by atoms with Crippen LogP contribution in [0.3, 0.4) is 0 Å². The molecule has 0 saturated heterocycles. The minimum Gasteiger partial charge on any atom is -0.307 e. The maximum atomic E-state index is 4.02. The third kappa shape index (κ3) is 2.65. The molecule has 0 radical (unpaired) electrons. The number of hydrogen-bond acceptors (Lipinski definition) is 1. The quantitative estimate of drug-likeness (QED) is 0.809. The highest BCUT2D eigenvalue weighted by Gasteiger charge is 2.39. The molecular formula is C19H29N. The Hall–Kier alpha value is -0.820. The summed E-state index contributed by atoms with van der Waals surface area (Å²) in [6.45, 7) is 9.69. The SMILES string of the molecule is CC1(C)CCC(NC2c3ccccc3CCC2(C)C)C1. The molecule has 1 N–H and O–H groups in total. The lowest BCUT2D eigenvalue weighted by atomic mass is 9.70. The predicted molar refractivity (Wildman–Crippen MR) is 85.8 cm³/mol. The van der Waals surface area contributed by atoms with E-state index < -0.39 is 0 Å². The monoisotopic (exact) mass is 271 g/mol. The van der Waals surface area contributed by atoms with Crippen molar-refractivity contribution < 1.29 is 0 Å². The minimum atomic E-state index is 0.362. The third-order valence-corrected chi connectivity index (χ3v) is 5.56. The first kappa shape index (κ1) is 14.1. The number of nitrogens with one attached hydrogen (secondary N) is 1. The molecule has 0 bridgehead atoms. The number of benzene rings is 1. The first-order valence-electron chi connectivity index (χ1n) is 8.21. The van der Waals surface area contributed by atoms with Gasteiger partial charge in [-0.3, -0.25) is 0 Å². The highest BCUT2D eigenvalue weighted by Crippen LogP contribution is 2.45. The van der Waals surface area contributed by atoms with E-state index in [9.17, 15) is 0 Å². The largest absolute Gasteiger partial charge is 0.307 e. The summed E-state index contributed by atoms with van der Waals surface area (Å²) in [6, 6.07) is 10.3. The van der Waals surface area contributed by atoms with Crippen LogP contribution in [0.1, 0.15) is 70.5 Å². The molecule has 20 heavy (non-hydrogen) atoms. The first-order chi connectivity index (χ1) is 9.37. The van der Waals surface area contributed by atoms with Crippen molar-refractivity contribution in [1.82, 2.24) is 5.32 Å². The Morgan fingerprint density at radius 2 is 1.80 bits per heavy atom. The van der Waals surface area contributed by atoms with Gasteiger partial charge in [-0.2, -0.15) is 0 Å². The molecule has 1 aromatic carbocycles. The van der Waals surface area contributed by atoms with Crippen LogP contribution in [0, 0.1) is 10.8 Å². The zero-order valence-electron chi connectivity index (χ0n) is 13.5. The number of fused-ring (bicyclic) bond motifs is 1. The van der Waals surface area contributed by atoms with Gasteiger partial charge < -0.3 is 5.32 Å². The molecule has 1 aromatic rings. The van der Waals surface area contributed by atoms with E-state index in [0.717, 1.165) is 0 Å². The van der Waals surface area contributed by atoms with Crippen LogP contribution in [-0.2, 0) is 6.42 Å². The van der Waals surface area contributed by atoms with Gasteiger partial charge in [0.1, 0.15) is 0 Å². The van der Waals surface area contributed by atoms with Crippen LogP contribution in [0.4, 0.5) is 0 Å². The predicted octanol–water partition coefficient (Wildman–Crippen LogP) is 4.87. The van der Waals surface area contributed by atoms with Gasteiger partial charge >= 0.3 is 0 Å². The van der Waals surface area contributed by atoms with Gasteiger partial charge in [0.05, 0.1) is 0 Å². The van der Waals surface area contributed by atoms with Gasteiger partial charge in [0, 0.05) is 12.1 Å². The van der Waals surface area contributed by atoms with Crippen LogP contribution >= 0.6 is 0 Å². The molecule has 1 nitrogen and oxygen atoms in total. The third-order valence-electron chi connectivity index (χ3n) is 5.56. The molecule has 0 heterocycles. The van der Waals surface area contributed by atoms with Crippen molar-refractivity contribution in [3.63, 3.8) is 0 Å². The van der Waals surface area contributed by atoms with E-state index in [1.165, 1.54) is 32.1 Å². The molecule has 2 aliphatic rings. The van der Waals surface area contributed by atoms with Gasteiger partial charge in [-0.1, -0.05) is 52.0 Å². The summed E-state index contributed by atoms with van der Waals surface area (Å²) in [5.74, 6) is 0. The second-order valence-electron chi connectivity index (χ2n) is 8.39. The van der Waals surface area contributed by atoms with E-state index in [0.29, 0.717) is 22.9 Å². The Bertz CT molecular complexity index is 486. The maximum absolute atomic E-state index is 4.02. The molecule has 1 heteroatoms. The Morgan fingerprint density at radius 1 is 1.05 bits per heavy atom. The van der Waals surface area contributed by atoms with Gasteiger partial charge in [-0.15, -0.1) is 0 Å². The lowest BCUT2D eigenvalue weighted by molar-refractivity contribution is 0.190. The lowest BCUT2D eigenvalue weighted by Gasteiger charge is -2.42. The summed E-state index contributed by atoms with van der Waals surface area (Å²) in [5.41, 5.74) is 3.99. The Morgan fingerprint density at radius 3 is 2.50 bits per heavy atom. The van der Waals surface area contributed by atoms with E-state index >= 15 is 0 Å². The Balaban J connectivity index is 1.83. The fourth-order valence-corrected chi connectivity index (χ4v) is 4.20. The average Bonchev–Trinajstić information content (AvgIpc) is 2.73. The number of aryl methyl sites for hydroxylation is 1. The lowest BCUT2D eigenvalue weighted by Crippen LogP contribution is -2.42.